The second kappa shape index (κ2) is 8.52. The Bertz CT molecular complexity index is 1330. The molecule has 1 N–H and O–H groups in total. The Morgan fingerprint density at radius 2 is 2.03 bits per heavy atom. The molecule has 0 radical (unpaired) electrons. The van der Waals surface area contributed by atoms with Gasteiger partial charge in [-0.1, -0.05) is 37.6 Å². The van der Waals surface area contributed by atoms with Gasteiger partial charge in [0.2, 0.25) is 0 Å². The summed E-state index contributed by atoms with van der Waals surface area (Å²) >= 11 is 6.74. The van der Waals surface area contributed by atoms with Gasteiger partial charge in [0.25, 0.3) is 5.91 Å². The quantitative estimate of drug-likeness (QED) is 0.345. The fourth-order valence-corrected chi connectivity index (χ4v) is 4.40. The van der Waals surface area contributed by atoms with Crippen molar-refractivity contribution in [3.8, 4) is 17.1 Å². The summed E-state index contributed by atoms with van der Waals surface area (Å²) in [6.45, 7) is 6.18. The number of furan rings is 1. The number of rotatable bonds is 6. The first-order chi connectivity index (χ1) is 15.9. The number of imidazole rings is 1. The van der Waals surface area contributed by atoms with Gasteiger partial charge in [0.1, 0.15) is 11.5 Å². The molecule has 3 aromatic heterocycles. The molecule has 3 heterocycles. The number of aryl methyl sites for hydroxylation is 1. The van der Waals surface area contributed by atoms with Gasteiger partial charge in [0.15, 0.2) is 5.76 Å². The Morgan fingerprint density at radius 3 is 2.79 bits per heavy atom. The molecule has 4 aromatic rings. The normalized spacial score (nSPS) is 13.5. The SMILES string of the molecule is Cc1ccc(C(=O)Nc2cccc(-c3occc3C(C)C)n2)c(Cl)c1-n1cnc(C2CC2)c1. The minimum atomic E-state index is -0.322. The van der Waals surface area contributed by atoms with Crippen LogP contribution in [0.3, 0.4) is 0 Å². The van der Waals surface area contributed by atoms with Crippen molar-refractivity contribution in [2.45, 2.75) is 45.4 Å². The largest absolute Gasteiger partial charge is 0.462 e. The lowest BCUT2D eigenvalue weighted by Gasteiger charge is -2.14. The van der Waals surface area contributed by atoms with Crippen molar-refractivity contribution in [2.75, 3.05) is 5.32 Å². The molecule has 0 aliphatic heterocycles. The van der Waals surface area contributed by atoms with Gasteiger partial charge < -0.3 is 14.3 Å². The third kappa shape index (κ3) is 4.18. The van der Waals surface area contributed by atoms with Crippen molar-refractivity contribution in [1.29, 1.82) is 0 Å². The number of benzene rings is 1. The third-order valence-electron chi connectivity index (χ3n) is 5.96. The zero-order chi connectivity index (χ0) is 23.1. The molecule has 0 atom stereocenters. The van der Waals surface area contributed by atoms with Crippen LogP contribution in [0.15, 0.2) is 59.6 Å². The highest BCUT2D eigenvalue weighted by molar-refractivity contribution is 6.36. The van der Waals surface area contributed by atoms with Gasteiger partial charge in [-0.25, -0.2) is 9.97 Å². The van der Waals surface area contributed by atoms with Crippen LogP contribution < -0.4 is 5.32 Å². The first kappa shape index (κ1) is 21.5. The first-order valence-electron chi connectivity index (χ1n) is 11.1. The Hall–Kier alpha value is -3.38. The molecule has 168 valence electrons. The summed E-state index contributed by atoms with van der Waals surface area (Å²) in [4.78, 5) is 22.3. The number of amides is 1. The van der Waals surface area contributed by atoms with Crippen molar-refractivity contribution in [1.82, 2.24) is 14.5 Å². The maximum Gasteiger partial charge on any atom is 0.258 e. The fourth-order valence-electron chi connectivity index (χ4n) is 4.00. The number of carbonyl (C=O) groups excluding carboxylic acids is 1. The molecule has 1 saturated carbocycles. The Balaban J connectivity index is 1.43. The molecule has 1 aliphatic rings. The number of nitrogens with zero attached hydrogens (tertiary/aromatic N) is 3. The summed E-state index contributed by atoms with van der Waals surface area (Å²) in [5, 5.41) is 3.27. The van der Waals surface area contributed by atoms with Crippen LogP contribution in [0.4, 0.5) is 5.82 Å². The van der Waals surface area contributed by atoms with Gasteiger partial charge in [0.05, 0.1) is 34.6 Å². The Kier molecular flexibility index (Phi) is 5.54. The van der Waals surface area contributed by atoms with Crippen molar-refractivity contribution in [3.05, 3.63) is 82.6 Å². The van der Waals surface area contributed by atoms with Crippen LogP contribution in [0.25, 0.3) is 17.1 Å². The minimum absolute atomic E-state index is 0.298. The summed E-state index contributed by atoms with van der Waals surface area (Å²) < 4.78 is 7.58. The van der Waals surface area contributed by atoms with Crippen molar-refractivity contribution >= 4 is 23.3 Å². The molecule has 1 fully saturated rings. The van der Waals surface area contributed by atoms with E-state index in [2.05, 4.69) is 29.1 Å². The van der Waals surface area contributed by atoms with E-state index in [1.807, 2.05) is 42.0 Å². The number of halogens is 1. The van der Waals surface area contributed by atoms with E-state index in [1.54, 1.807) is 24.7 Å². The predicted molar refractivity (Wildman–Crippen MR) is 129 cm³/mol. The summed E-state index contributed by atoms with van der Waals surface area (Å²) in [6.07, 6.45) is 7.79. The van der Waals surface area contributed by atoms with Crippen LogP contribution in [0, 0.1) is 6.92 Å². The summed E-state index contributed by atoms with van der Waals surface area (Å²) in [6, 6.07) is 11.0. The topological polar surface area (TPSA) is 73.0 Å². The summed E-state index contributed by atoms with van der Waals surface area (Å²) in [5.74, 6) is 1.66. The predicted octanol–water partition coefficient (Wildman–Crippen LogP) is 6.74. The number of pyridine rings is 1. The average Bonchev–Trinajstić information content (AvgIpc) is 3.31. The van der Waals surface area contributed by atoms with Crippen LogP contribution in [-0.2, 0) is 0 Å². The van der Waals surface area contributed by atoms with Crippen LogP contribution in [0.1, 0.15) is 65.7 Å². The van der Waals surface area contributed by atoms with Crippen LogP contribution in [0.5, 0.6) is 0 Å². The standard InChI is InChI=1S/C26H25ClN4O2/c1-15(2)18-11-12-33-25(18)20-5-4-6-22(29-20)30-26(32)19-10-7-16(3)24(23(19)27)31-13-21(28-14-31)17-8-9-17/h4-7,10-15,17H,8-9H2,1-3H3,(H,29,30,32). The van der Waals surface area contributed by atoms with Crippen LogP contribution >= 0.6 is 11.6 Å². The highest BCUT2D eigenvalue weighted by atomic mass is 35.5. The fraction of sp³-hybridized carbons (Fsp3) is 0.269. The number of hydrogen-bond donors (Lipinski definition) is 1. The van der Waals surface area contributed by atoms with E-state index in [-0.39, 0.29) is 5.91 Å². The maximum absolute atomic E-state index is 13.1. The van der Waals surface area contributed by atoms with Gasteiger partial charge in [-0.3, -0.25) is 4.79 Å². The minimum Gasteiger partial charge on any atom is -0.462 e. The first-order valence-corrected chi connectivity index (χ1v) is 11.5. The van der Waals surface area contributed by atoms with E-state index >= 15 is 0 Å². The average molecular weight is 461 g/mol. The van der Waals surface area contributed by atoms with Crippen molar-refractivity contribution in [3.63, 3.8) is 0 Å². The maximum atomic E-state index is 13.1. The lowest BCUT2D eigenvalue weighted by Crippen LogP contribution is -2.15. The molecule has 0 bridgehead atoms. The van der Waals surface area contributed by atoms with Crippen molar-refractivity contribution in [2.24, 2.45) is 0 Å². The number of aromatic nitrogens is 3. The lowest BCUT2D eigenvalue weighted by molar-refractivity contribution is 0.102. The van der Waals surface area contributed by atoms with E-state index in [9.17, 15) is 4.79 Å². The highest BCUT2D eigenvalue weighted by Crippen LogP contribution is 2.40. The molecule has 0 saturated heterocycles. The van der Waals surface area contributed by atoms with Gasteiger partial charge in [0, 0.05) is 17.7 Å². The van der Waals surface area contributed by atoms with Crippen molar-refractivity contribution < 1.29 is 9.21 Å². The smallest absolute Gasteiger partial charge is 0.258 e. The molecular formula is C26H25ClN4O2. The molecule has 1 aromatic carbocycles. The second-order valence-electron chi connectivity index (χ2n) is 8.79. The molecule has 5 rings (SSSR count). The zero-order valence-electron chi connectivity index (χ0n) is 18.8. The number of hydrogen-bond acceptors (Lipinski definition) is 4. The van der Waals surface area contributed by atoms with Crippen LogP contribution in [0.2, 0.25) is 5.02 Å². The summed E-state index contributed by atoms with van der Waals surface area (Å²) in [5.41, 5.74) is 4.93. The van der Waals surface area contributed by atoms with Gasteiger partial charge in [-0.05, 0) is 55.5 Å². The third-order valence-corrected chi connectivity index (χ3v) is 6.34. The van der Waals surface area contributed by atoms with E-state index < -0.39 is 0 Å². The van der Waals surface area contributed by atoms with Gasteiger partial charge in [-0.15, -0.1) is 0 Å². The molecule has 1 aliphatic carbocycles. The molecule has 1 amide bonds. The number of anilines is 1. The molecule has 0 unspecified atom stereocenters. The molecule has 0 spiro atoms. The van der Waals surface area contributed by atoms with Gasteiger partial charge >= 0.3 is 0 Å². The van der Waals surface area contributed by atoms with E-state index in [0.29, 0.717) is 39.7 Å². The monoisotopic (exact) mass is 460 g/mol. The number of carbonyl (C=O) groups is 1. The lowest BCUT2D eigenvalue weighted by atomic mass is 10.0. The molecule has 6 nitrogen and oxygen atoms in total. The molecular weight excluding hydrogens is 436 g/mol. The Labute approximate surface area is 197 Å². The number of nitrogens with one attached hydrogen (secondary N) is 1. The molecule has 7 heteroatoms. The van der Waals surface area contributed by atoms with E-state index in [0.717, 1.165) is 22.5 Å². The highest BCUT2D eigenvalue weighted by Gasteiger charge is 2.26. The van der Waals surface area contributed by atoms with Gasteiger partial charge in [-0.2, -0.15) is 0 Å². The zero-order valence-corrected chi connectivity index (χ0v) is 19.6. The Morgan fingerprint density at radius 1 is 1.21 bits per heavy atom. The summed E-state index contributed by atoms with van der Waals surface area (Å²) in [7, 11) is 0. The molecule has 33 heavy (non-hydrogen) atoms. The van der Waals surface area contributed by atoms with E-state index in [4.69, 9.17) is 16.0 Å². The second-order valence-corrected chi connectivity index (χ2v) is 9.17. The van der Waals surface area contributed by atoms with Crippen LogP contribution in [-0.4, -0.2) is 20.4 Å². The van der Waals surface area contributed by atoms with E-state index in [1.165, 1.54) is 12.8 Å².